The second-order valence-corrected chi connectivity index (χ2v) is 7.56. The first kappa shape index (κ1) is 22.7. The molecule has 0 aliphatic carbocycles. The minimum absolute atomic E-state index is 0.127. The maximum absolute atomic E-state index is 11.5. The number of nitrogens with zero attached hydrogens (tertiary/aromatic N) is 3. The normalized spacial score (nSPS) is 24.7. The van der Waals surface area contributed by atoms with Crippen molar-refractivity contribution in [3.63, 3.8) is 0 Å². The summed E-state index contributed by atoms with van der Waals surface area (Å²) >= 11 is 0. The summed E-state index contributed by atoms with van der Waals surface area (Å²) in [5.41, 5.74) is 6.90. The van der Waals surface area contributed by atoms with Gasteiger partial charge in [-0.3, -0.25) is 4.79 Å². The van der Waals surface area contributed by atoms with Crippen molar-refractivity contribution in [2.45, 2.75) is 43.5 Å². The quantitative estimate of drug-likeness (QED) is 0.273. The molecule has 9 nitrogen and oxygen atoms in total. The third kappa shape index (κ3) is 5.61. The lowest BCUT2D eigenvalue weighted by atomic mass is 9.86. The molecule has 0 radical (unpaired) electrons. The number of hydrogen-bond donors (Lipinski definition) is 2. The summed E-state index contributed by atoms with van der Waals surface area (Å²) in [6.45, 7) is 0.489. The number of esters is 1. The highest BCUT2D eigenvalue weighted by Crippen LogP contribution is 2.37. The summed E-state index contributed by atoms with van der Waals surface area (Å²) in [6.07, 6.45) is -2.15. The van der Waals surface area contributed by atoms with E-state index in [4.69, 9.17) is 19.7 Å². The molecule has 3 rings (SSSR count). The van der Waals surface area contributed by atoms with Crippen LogP contribution in [0.1, 0.15) is 18.1 Å². The molecule has 2 N–H and O–H groups in total. The molecule has 0 aromatic heterocycles. The van der Waals surface area contributed by atoms with Crippen molar-refractivity contribution in [3.8, 4) is 0 Å². The molecule has 1 fully saturated rings. The van der Waals surface area contributed by atoms with Crippen molar-refractivity contribution in [2.24, 2.45) is 5.11 Å². The number of carbonyl (C=O) groups excluding carboxylic acids is 1. The van der Waals surface area contributed by atoms with Crippen molar-refractivity contribution < 1.29 is 29.2 Å². The number of aliphatic hydroxyl groups is 2. The highest BCUT2D eigenvalue weighted by atomic mass is 16.6. The standard InChI is InChI=1S/C22H25N3O6/c1-16(26)30-15-22(28,24-25-23)20-19(29-13-18-10-6-3-7-11-18)21(27,14-31-20)12-17-8-4-2-5-9-17/h2-11,19-20,27-28H,12-15H2,1H3/t19-,20-,21-,22-/m0/s1. The molecule has 2 aromatic carbocycles. The summed E-state index contributed by atoms with van der Waals surface area (Å²) in [6, 6.07) is 18.6. The van der Waals surface area contributed by atoms with E-state index in [2.05, 4.69) is 10.0 Å². The predicted octanol–water partition coefficient (Wildman–Crippen LogP) is 2.51. The summed E-state index contributed by atoms with van der Waals surface area (Å²) in [7, 11) is 0. The molecule has 2 aromatic rings. The number of rotatable bonds is 9. The van der Waals surface area contributed by atoms with Crippen LogP contribution in [0.25, 0.3) is 10.4 Å². The van der Waals surface area contributed by atoms with Gasteiger partial charge in [-0.25, -0.2) is 0 Å². The minimum atomic E-state index is -2.26. The third-order valence-corrected chi connectivity index (χ3v) is 5.10. The molecule has 1 aliphatic heterocycles. The molecule has 0 spiro atoms. The lowest BCUT2D eigenvalue weighted by Crippen LogP contribution is -2.56. The average molecular weight is 427 g/mol. The van der Waals surface area contributed by atoms with Crippen LogP contribution in [0.5, 0.6) is 0 Å². The maximum Gasteiger partial charge on any atom is 0.302 e. The van der Waals surface area contributed by atoms with E-state index in [0.717, 1.165) is 11.1 Å². The van der Waals surface area contributed by atoms with E-state index < -0.39 is 36.1 Å². The summed E-state index contributed by atoms with van der Waals surface area (Å²) in [5, 5.41) is 25.9. The first-order valence-electron chi connectivity index (χ1n) is 9.82. The summed E-state index contributed by atoms with van der Waals surface area (Å²) in [5.74, 6) is -0.661. The fourth-order valence-electron chi connectivity index (χ4n) is 3.62. The van der Waals surface area contributed by atoms with Crippen LogP contribution in [0.3, 0.4) is 0 Å². The van der Waals surface area contributed by atoms with Gasteiger partial charge in [-0.1, -0.05) is 65.8 Å². The van der Waals surface area contributed by atoms with Crippen LogP contribution in [0.2, 0.25) is 0 Å². The van der Waals surface area contributed by atoms with Crippen molar-refractivity contribution >= 4 is 5.97 Å². The molecule has 164 valence electrons. The van der Waals surface area contributed by atoms with Crippen LogP contribution in [-0.2, 0) is 32.0 Å². The van der Waals surface area contributed by atoms with Gasteiger partial charge < -0.3 is 24.4 Å². The first-order chi connectivity index (χ1) is 14.9. The van der Waals surface area contributed by atoms with Gasteiger partial charge in [-0.15, -0.1) is 0 Å². The van der Waals surface area contributed by atoms with Gasteiger partial charge in [0.05, 0.1) is 13.2 Å². The summed E-state index contributed by atoms with van der Waals surface area (Å²) in [4.78, 5) is 14.0. The van der Waals surface area contributed by atoms with E-state index in [9.17, 15) is 15.0 Å². The summed E-state index contributed by atoms with van der Waals surface area (Å²) < 4.78 is 16.6. The van der Waals surface area contributed by atoms with Gasteiger partial charge in [-0.2, -0.15) is 0 Å². The van der Waals surface area contributed by atoms with Crippen molar-refractivity contribution in [1.29, 1.82) is 0 Å². The lowest BCUT2D eigenvalue weighted by Gasteiger charge is -2.35. The molecular formula is C22H25N3O6. The van der Waals surface area contributed by atoms with E-state index >= 15 is 0 Å². The fraction of sp³-hybridized carbons (Fsp3) is 0.409. The Kier molecular flexibility index (Phi) is 7.27. The highest BCUT2D eigenvalue weighted by molar-refractivity contribution is 5.65. The zero-order valence-corrected chi connectivity index (χ0v) is 17.1. The van der Waals surface area contributed by atoms with E-state index in [-0.39, 0.29) is 19.6 Å². The molecule has 31 heavy (non-hydrogen) atoms. The van der Waals surface area contributed by atoms with Gasteiger partial charge in [-0.05, 0) is 16.7 Å². The average Bonchev–Trinajstić information content (AvgIpc) is 3.09. The molecule has 9 heteroatoms. The molecule has 1 aliphatic rings. The molecule has 4 atom stereocenters. The van der Waals surface area contributed by atoms with Crippen LogP contribution in [0, 0.1) is 0 Å². The molecule has 0 saturated carbocycles. The zero-order chi connectivity index (χ0) is 22.3. The van der Waals surface area contributed by atoms with Crippen LogP contribution < -0.4 is 0 Å². The Hall–Kier alpha value is -2.94. The van der Waals surface area contributed by atoms with Crippen molar-refractivity contribution in [2.75, 3.05) is 13.2 Å². The van der Waals surface area contributed by atoms with E-state index in [1.54, 1.807) is 0 Å². The van der Waals surface area contributed by atoms with Crippen LogP contribution >= 0.6 is 0 Å². The molecular weight excluding hydrogens is 402 g/mol. The smallest absolute Gasteiger partial charge is 0.302 e. The molecule has 1 heterocycles. The molecule has 0 amide bonds. The first-order valence-corrected chi connectivity index (χ1v) is 9.82. The Labute approximate surface area is 179 Å². The minimum Gasteiger partial charge on any atom is -0.463 e. The Bertz CT molecular complexity index is 921. The van der Waals surface area contributed by atoms with Crippen molar-refractivity contribution in [3.05, 3.63) is 82.2 Å². The van der Waals surface area contributed by atoms with Gasteiger partial charge >= 0.3 is 5.97 Å². The van der Waals surface area contributed by atoms with Crippen LogP contribution in [-0.4, -0.2) is 52.9 Å². The zero-order valence-electron chi connectivity index (χ0n) is 17.1. The second kappa shape index (κ2) is 9.91. The van der Waals surface area contributed by atoms with E-state index in [1.807, 2.05) is 60.7 Å². The highest BCUT2D eigenvalue weighted by Gasteiger charge is 2.57. The maximum atomic E-state index is 11.5. The van der Waals surface area contributed by atoms with E-state index in [0.29, 0.717) is 0 Å². The van der Waals surface area contributed by atoms with Gasteiger partial charge in [0.1, 0.15) is 24.4 Å². The van der Waals surface area contributed by atoms with Crippen LogP contribution in [0.4, 0.5) is 0 Å². The van der Waals surface area contributed by atoms with E-state index in [1.165, 1.54) is 6.92 Å². The predicted molar refractivity (Wildman–Crippen MR) is 111 cm³/mol. The van der Waals surface area contributed by atoms with Gasteiger partial charge in [0, 0.05) is 18.3 Å². The van der Waals surface area contributed by atoms with Gasteiger partial charge in [0.25, 0.3) is 0 Å². The van der Waals surface area contributed by atoms with Crippen molar-refractivity contribution in [1.82, 2.24) is 0 Å². The lowest BCUT2D eigenvalue weighted by molar-refractivity contribution is -0.176. The molecule has 0 bridgehead atoms. The third-order valence-electron chi connectivity index (χ3n) is 5.10. The fourth-order valence-corrected chi connectivity index (χ4v) is 3.62. The number of hydrogen-bond acceptors (Lipinski definition) is 7. The second-order valence-electron chi connectivity index (χ2n) is 7.56. The molecule has 0 unspecified atom stereocenters. The number of ether oxygens (including phenoxy) is 3. The Morgan fingerprint density at radius 3 is 2.42 bits per heavy atom. The molecule has 1 saturated heterocycles. The SMILES string of the molecule is CC(=O)OC[C@@](O)(N=[N+]=[N-])[C@H]1OC[C@@](O)(Cc2ccccc2)[C@H]1OCc1ccccc1. The number of azide groups is 1. The Morgan fingerprint density at radius 2 is 1.84 bits per heavy atom. The number of benzene rings is 2. The van der Waals surface area contributed by atoms with Crippen LogP contribution in [0.15, 0.2) is 65.8 Å². The Morgan fingerprint density at radius 1 is 1.23 bits per heavy atom. The number of carbonyl (C=O) groups is 1. The largest absolute Gasteiger partial charge is 0.463 e. The Balaban J connectivity index is 1.90. The van der Waals surface area contributed by atoms with Gasteiger partial charge in [0.2, 0.25) is 5.72 Å². The topological polar surface area (TPSA) is 134 Å². The monoisotopic (exact) mass is 427 g/mol. The van der Waals surface area contributed by atoms with Gasteiger partial charge in [0.15, 0.2) is 0 Å².